The maximum absolute atomic E-state index is 11.8. The Morgan fingerprint density at radius 3 is 2.87 bits per heavy atom. The molecule has 1 aliphatic rings. The van der Waals surface area contributed by atoms with E-state index in [-0.39, 0.29) is 18.4 Å². The minimum atomic E-state index is -0.495. The fourth-order valence-corrected chi connectivity index (χ4v) is 2.13. The van der Waals surface area contributed by atoms with Crippen LogP contribution in [-0.2, 0) is 16.0 Å². The van der Waals surface area contributed by atoms with Gasteiger partial charge in [0.1, 0.15) is 23.6 Å². The van der Waals surface area contributed by atoms with E-state index < -0.39 is 5.60 Å². The van der Waals surface area contributed by atoms with Gasteiger partial charge in [-0.25, -0.2) is 14.8 Å². The van der Waals surface area contributed by atoms with E-state index in [9.17, 15) is 9.59 Å². The fourth-order valence-electron chi connectivity index (χ4n) is 2.13. The zero-order chi connectivity index (χ0) is 17.0. The van der Waals surface area contributed by atoms with Crippen molar-refractivity contribution in [1.82, 2.24) is 14.9 Å². The lowest BCUT2D eigenvalue weighted by Crippen LogP contribution is -2.35. The Morgan fingerprint density at radius 1 is 1.43 bits per heavy atom. The third kappa shape index (κ3) is 4.80. The fraction of sp³-hybridized carbons (Fsp3) is 0.600. The number of hydrogen-bond acceptors (Lipinski definition) is 6. The average Bonchev–Trinajstić information content (AvgIpc) is 2.82. The molecule has 2 rings (SSSR count). The number of anilines is 2. The Bertz CT molecular complexity index is 597. The molecule has 0 saturated carbocycles. The summed E-state index contributed by atoms with van der Waals surface area (Å²) in [5.74, 6) is 1.15. The monoisotopic (exact) mass is 321 g/mol. The molecule has 126 valence electrons. The van der Waals surface area contributed by atoms with E-state index in [0.717, 1.165) is 12.0 Å². The Labute approximate surface area is 135 Å². The van der Waals surface area contributed by atoms with Gasteiger partial charge in [0.15, 0.2) is 0 Å². The van der Waals surface area contributed by atoms with Crippen LogP contribution >= 0.6 is 0 Å². The highest BCUT2D eigenvalue weighted by atomic mass is 16.6. The van der Waals surface area contributed by atoms with Crippen LogP contribution in [-0.4, -0.2) is 52.6 Å². The Balaban J connectivity index is 1.77. The Hall–Kier alpha value is -2.38. The normalized spacial score (nSPS) is 13.3. The molecule has 0 spiro atoms. The van der Waals surface area contributed by atoms with Crippen LogP contribution in [0.2, 0.25) is 0 Å². The van der Waals surface area contributed by atoms with Crippen LogP contribution in [0.1, 0.15) is 32.8 Å². The molecule has 2 heterocycles. The van der Waals surface area contributed by atoms with Crippen molar-refractivity contribution in [1.29, 1.82) is 0 Å². The number of carbonyl (C=O) groups is 2. The first kappa shape index (κ1) is 17.0. The van der Waals surface area contributed by atoms with Gasteiger partial charge in [0.25, 0.3) is 0 Å². The summed E-state index contributed by atoms with van der Waals surface area (Å²) in [5.41, 5.74) is 0.294. The van der Waals surface area contributed by atoms with Crippen LogP contribution in [0.5, 0.6) is 0 Å². The van der Waals surface area contributed by atoms with E-state index in [2.05, 4.69) is 20.6 Å². The first-order chi connectivity index (χ1) is 10.8. The second-order valence-corrected chi connectivity index (χ2v) is 6.46. The largest absolute Gasteiger partial charge is 0.444 e. The van der Waals surface area contributed by atoms with E-state index in [1.54, 1.807) is 11.9 Å². The van der Waals surface area contributed by atoms with Crippen LogP contribution in [0.15, 0.2) is 6.33 Å². The van der Waals surface area contributed by atoms with Crippen molar-refractivity contribution >= 4 is 23.6 Å². The van der Waals surface area contributed by atoms with Gasteiger partial charge >= 0.3 is 6.09 Å². The molecule has 0 aliphatic carbocycles. The smallest absolute Gasteiger partial charge is 0.410 e. The summed E-state index contributed by atoms with van der Waals surface area (Å²) < 4.78 is 5.29. The molecule has 0 radical (unpaired) electrons. The number of nitrogens with one attached hydrogen (secondary N) is 2. The zero-order valence-corrected chi connectivity index (χ0v) is 14.0. The molecule has 1 aliphatic heterocycles. The molecule has 0 atom stereocenters. The maximum Gasteiger partial charge on any atom is 0.410 e. The van der Waals surface area contributed by atoms with E-state index in [0.29, 0.717) is 24.7 Å². The van der Waals surface area contributed by atoms with Gasteiger partial charge in [-0.15, -0.1) is 0 Å². The highest BCUT2D eigenvalue weighted by Gasteiger charge is 2.23. The number of nitrogens with zero attached hydrogens (tertiary/aromatic N) is 3. The minimum absolute atomic E-state index is 0.0757. The molecule has 8 nitrogen and oxygen atoms in total. The van der Waals surface area contributed by atoms with Gasteiger partial charge in [-0.2, -0.15) is 0 Å². The van der Waals surface area contributed by atoms with Crippen molar-refractivity contribution in [3.05, 3.63) is 11.9 Å². The molecular weight excluding hydrogens is 298 g/mol. The van der Waals surface area contributed by atoms with Crippen LogP contribution in [0.3, 0.4) is 0 Å². The van der Waals surface area contributed by atoms with E-state index in [1.807, 2.05) is 20.8 Å². The lowest BCUT2D eigenvalue weighted by molar-refractivity contribution is -0.115. The summed E-state index contributed by atoms with van der Waals surface area (Å²) in [4.78, 5) is 33.0. The number of fused-ring (bicyclic) bond motifs is 1. The molecule has 0 unspecified atom stereocenters. The third-order valence-electron chi connectivity index (χ3n) is 3.21. The lowest BCUT2D eigenvalue weighted by atomic mass is 10.2. The molecule has 2 N–H and O–H groups in total. The van der Waals surface area contributed by atoms with Crippen LogP contribution < -0.4 is 10.6 Å². The van der Waals surface area contributed by atoms with Crippen molar-refractivity contribution in [3.63, 3.8) is 0 Å². The number of hydrogen-bond donors (Lipinski definition) is 2. The molecule has 1 aromatic rings. The quantitative estimate of drug-likeness (QED) is 0.800. The average molecular weight is 321 g/mol. The van der Waals surface area contributed by atoms with Gasteiger partial charge in [-0.3, -0.25) is 4.79 Å². The van der Waals surface area contributed by atoms with Crippen molar-refractivity contribution in [2.45, 2.75) is 39.2 Å². The Kier molecular flexibility index (Phi) is 5.02. The highest BCUT2D eigenvalue weighted by Crippen LogP contribution is 2.25. The minimum Gasteiger partial charge on any atom is -0.444 e. The van der Waals surface area contributed by atoms with Gasteiger partial charge in [-0.05, 0) is 27.2 Å². The number of ether oxygens (including phenoxy) is 1. The molecule has 8 heteroatoms. The van der Waals surface area contributed by atoms with Crippen LogP contribution in [0.4, 0.5) is 16.4 Å². The van der Waals surface area contributed by atoms with Crippen LogP contribution in [0, 0.1) is 0 Å². The molecule has 0 saturated heterocycles. The summed E-state index contributed by atoms with van der Waals surface area (Å²) >= 11 is 0. The standard InChI is InChI=1S/C15H23N5O3/c1-15(2,3)23-14(22)20(4)7-5-6-16-12-10-8-11(21)19-13(10)18-9-17-12/h9H,5-8H2,1-4H3,(H2,16,17,18,19,21). The van der Waals surface area contributed by atoms with Gasteiger partial charge in [-0.1, -0.05) is 0 Å². The predicted octanol–water partition coefficient (Wildman–Crippen LogP) is 1.64. The molecule has 23 heavy (non-hydrogen) atoms. The molecule has 0 fully saturated rings. The first-order valence-electron chi connectivity index (χ1n) is 7.58. The summed E-state index contributed by atoms with van der Waals surface area (Å²) in [6, 6.07) is 0. The van der Waals surface area contributed by atoms with Crippen LogP contribution in [0.25, 0.3) is 0 Å². The SMILES string of the molecule is CN(CCCNc1ncnc2c1CC(=O)N2)C(=O)OC(C)(C)C. The van der Waals surface area contributed by atoms with E-state index in [4.69, 9.17) is 4.74 Å². The highest BCUT2D eigenvalue weighted by molar-refractivity contribution is 5.99. The lowest BCUT2D eigenvalue weighted by Gasteiger charge is -2.24. The Morgan fingerprint density at radius 2 is 2.17 bits per heavy atom. The van der Waals surface area contributed by atoms with Gasteiger partial charge < -0.3 is 20.3 Å². The topological polar surface area (TPSA) is 96.5 Å². The van der Waals surface area contributed by atoms with E-state index in [1.165, 1.54) is 6.33 Å². The molecule has 2 amide bonds. The van der Waals surface area contributed by atoms with Gasteiger partial charge in [0.05, 0.1) is 6.42 Å². The van der Waals surface area contributed by atoms with Crippen molar-refractivity contribution < 1.29 is 14.3 Å². The summed E-state index contributed by atoms with van der Waals surface area (Å²) in [6.45, 7) is 6.71. The first-order valence-corrected chi connectivity index (χ1v) is 7.58. The van der Waals surface area contributed by atoms with Crippen molar-refractivity contribution in [2.75, 3.05) is 30.8 Å². The molecule has 1 aromatic heterocycles. The van der Waals surface area contributed by atoms with Gasteiger partial charge in [0, 0.05) is 25.7 Å². The maximum atomic E-state index is 11.8. The molecule has 0 aromatic carbocycles. The van der Waals surface area contributed by atoms with Crippen molar-refractivity contribution in [3.8, 4) is 0 Å². The number of aromatic nitrogens is 2. The second-order valence-electron chi connectivity index (χ2n) is 6.46. The summed E-state index contributed by atoms with van der Waals surface area (Å²) in [6.07, 6.45) is 2.10. The number of amides is 2. The van der Waals surface area contributed by atoms with Crippen molar-refractivity contribution in [2.24, 2.45) is 0 Å². The predicted molar refractivity (Wildman–Crippen MR) is 86.3 cm³/mol. The molecular formula is C15H23N5O3. The summed E-state index contributed by atoms with van der Waals surface area (Å²) in [5, 5.41) is 5.87. The summed E-state index contributed by atoms with van der Waals surface area (Å²) in [7, 11) is 1.71. The zero-order valence-electron chi connectivity index (χ0n) is 14.0. The number of carbonyl (C=O) groups excluding carboxylic acids is 2. The number of rotatable bonds is 5. The van der Waals surface area contributed by atoms with Gasteiger partial charge in [0.2, 0.25) is 5.91 Å². The second kappa shape index (κ2) is 6.80. The third-order valence-corrected chi connectivity index (χ3v) is 3.21. The van der Waals surface area contributed by atoms with E-state index >= 15 is 0 Å². The molecule has 0 bridgehead atoms.